The summed E-state index contributed by atoms with van der Waals surface area (Å²) in [7, 11) is 0. The molecule has 0 fully saturated rings. The number of carbonyl (C=O) groups is 2. The smallest absolute Gasteiger partial charge is 0.338 e. The number of rotatable bonds is 8. The lowest BCUT2D eigenvalue weighted by Crippen LogP contribution is -2.08. The van der Waals surface area contributed by atoms with Crippen LogP contribution >= 0.6 is 0 Å². The van der Waals surface area contributed by atoms with Crippen molar-refractivity contribution in [3.05, 3.63) is 54.1 Å². The van der Waals surface area contributed by atoms with Crippen molar-refractivity contribution in [3.8, 4) is 0 Å². The molecular formula is C17H20O4. The van der Waals surface area contributed by atoms with Gasteiger partial charge in [0.1, 0.15) is 0 Å². The third-order valence-corrected chi connectivity index (χ3v) is 2.69. The van der Waals surface area contributed by atoms with Crippen LogP contribution in [0.1, 0.15) is 35.7 Å². The number of allylic oxidation sites excluding steroid dienone is 1. The maximum absolute atomic E-state index is 11.8. The second kappa shape index (κ2) is 9.53. The summed E-state index contributed by atoms with van der Waals surface area (Å²) in [4.78, 5) is 22.5. The molecule has 0 saturated heterocycles. The molecule has 0 aliphatic rings. The van der Waals surface area contributed by atoms with Crippen LogP contribution in [0, 0.1) is 0 Å². The minimum absolute atomic E-state index is 0.306. The van der Waals surface area contributed by atoms with E-state index in [1.165, 1.54) is 0 Å². The number of esters is 2. The molecule has 0 radical (unpaired) electrons. The van der Waals surface area contributed by atoms with E-state index in [1.807, 2.05) is 31.2 Å². The van der Waals surface area contributed by atoms with Crippen LogP contribution in [-0.2, 0) is 14.3 Å². The molecule has 0 aromatic heterocycles. The van der Waals surface area contributed by atoms with Gasteiger partial charge in [-0.25, -0.2) is 9.59 Å². The summed E-state index contributed by atoms with van der Waals surface area (Å²) in [6.45, 7) is 5.85. The van der Waals surface area contributed by atoms with E-state index < -0.39 is 5.97 Å². The van der Waals surface area contributed by atoms with Crippen LogP contribution in [0.4, 0.5) is 0 Å². The van der Waals surface area contributed by atoms with Gasteiger partial charge in [-0.15, -0.1) is 0 Å². The summed E-state index contributed by atoms with van der Waals surface area (Å²) in [5.74, 6) is -0.779. The van der Waals surface area contributed by atoms with Crippen molar-refractivity contribution in [2.24, 2.45) is 0 Å². The molecule has 0 spiro atoms. The van der Waals surface area contributed by atoms with E-state index in [2.05, 4.69) is 6.58 Å². The van der Waals surface area contributed by atoms with Gasteiger partial charge in [0.05, 0.1) is 18.8 Å². The summed E-state index contributed by atoms with van der Waals surface area (Å²) < 4.78 is 9.96. The Balaban J connectivity index is 2.24. The summed E-state index contributed by atoms with van der Waals surface area (Å²) in [6, 6.07) is 7.21. The number of ether oxygens (including phenoxy) is 2. The van der Waals surface area contributed by atoms with E-state index in [0.717, 1.165) is 11.6 Å². The number of benzene rings is 1. The van der Waals surface area contributed by atoms with E-state index >= 15 is 0 Å². The van der Waals surface area contributed by atoms with E-state index in [0.29, 0.717) is 31.6 Å². The van der Waals surface area contributed by atoms with E-state index in [9.17, 15) is 9.59 Å². The zero-order chi connectivity index (χ0) is 15.5. The van der Waals surface area contributed by atoms with Crippen LogP contribution in [0.5, 0.6) is 0 Å². The molecule has 112 valence electrons. The molecule has 0 N–H and O–H groups in total. The number of carbonyl (C=O) groups excluding carboxylic acids is 2. The zero-order valence-electron chi connectivity index (χ0n) is 12.2. The molecule has 4 nitrogen and oxygen atoms in total. The normalized spacial score (nSPS) is 10.3. The molecule has 0 atom stereocenters. The fourth-order valence-corrected chi connectivity index (χ4v) is 1.61. The van der Waals surface area contributed by atoms with Gasteiger partial charge in [-0.2, -0.15) is 0 Å². The van der Waals surface area contributed by atoms with Gasteiger partial charge in [0.25, 0.3) is 0 Å². The minimum atomic E-state index is -0.437. The first-order chi connectivity index (χ1) is 10.2. The van der Waals surface area contributed by atoms with Gasteiger partial charge >= 0.3 is 11.9 Å². The van der Waals surface area contributed by atoms with Crippen LogP contribution in [0.2, 0.25) is 0 Å². The van der Waals surface area contributed by atoms with Gasteiger partial charge in [-0.3, -0.25) is 0 Å². The fraction of sp³-hybridized carbons (Fsp3) is 0.294. The van der Waals surface area contributed by atoms with Gasteiger partial charge in [-0.1, -0.05) is 30.9 Å². The molecule has 0 heterocycles. The summed E-state index contributed by atoms with van der Waals surface area (Å²) >= 11 is 0. The Morgan fingerprint density at radius 3 is 2.29 bits per heavy atom. The Hall–Kier alpha value is -2.36. The van der Waals surface area contributed by atoms with Crippen molar-refractivity contribution in [2.45, 2.75) is 19.8 Å². The molecule has 0 aliphatic carbocycles. The molecule has 1 aromatic rings. The largest absolute Gasteiger partial charge is 0.463 e. The second-order valence-electron chi connectivity index (χ2n) is 4.34. The van der Waals surface area contributed by atoms with Crippen LogP contribution in [-0.4, -0.2) is 25.2 Å². The maximum Gasteiger partial charge on any atom is 0.338 e. The molecule has 0 amide bonds. The average molecular weight is 288 g/mol. The van der Waals surface area contributed by atoms with Crippen molar-refractivity contribution in [1.29, 1.82) is 0 Å². The van der Waals surface area contributed by atoms with Crippen LogP contribution < -0.4 is 0 Å². The summed E-state index contributed by atoms with van der Waals surface area (Å²) in [5, 5.41) is 0. The average Bonchev–Trinajstić information content (AvgIpc) is 2.51. The molecule has 21 heavy (non-hydrogen) atoms. The topological polar surface area (TPSA) is 52.6 Å². The zero-order valence-corrected chi connectivity index (χ0v) is 12.2. The Morgan fingerprint density at radius 1 is 1.10 bits per heavy atom. The van der Waals surface area contributed by atoms with E-state index in [4.69, 9.17) is 9.47 Å². The molecule has 0 saturated carbocycles. The highest BCUT2D eigenvalue weighted by Gasteiger charge is 2.06. The lowest BCUT2D eigenvalue weighted by atomic mass is 10.1. The Morgan fingerprint density at radius 2 is 1.71 bits per heavy atom. The lowest BCUT2D eigenvalue weighted by molar-refractivity contribution is -0.137. The molecule has 0 unspecified atom stereocenters. The van der Waals surface area contributed by atoms with Crippen LogP contribution in [0.15, 0.2) is 43.0 Å². The predicted octanol–water partition coefficient (Wildman–Crippen LogP) is 3.39. The van der Waals surface area contributed by atoms with Gasteiger partial charge < -0.3 is 9.47 Å². The first kappa shape index (κ1) is 16.7. The molecule has 1 aromatic carbocycles. The first-order valence-corrected chi connectivity index (χ1v) is 6.86. The first-order valence-electron chi connectivity index (χ1n) is 6.86. The third kappa shape index (κ3) is 6.56. The van der Waals surface area contributed by atoms with Crippen molar-refractivity contribution < 1.29 is 19.1 Å². The molecule has 1 rings (SSSR count). The number of unbranched alkanes of at least 4 members (excludes halogenated alkanes) is 1. The summed E-state index contributed by atoms with van der Waals surface area (Å²) in [5.41, 5.74) is 1.57. The molecule has 4 heteroatoms. The molecule has 0 aliphatic heterocycles. The van der Waals surface area contributed by atoms with Crippen molar-refractivity contribution in [2.75, 3.05) is 13.2 Å². The fourth-order valence-electron chi connectivity index (χ4n) is 1.61. The highest BCUT2D eigenvalue weighted by molar-refractivity contribution is 5.89. The minimum Gasteiger partial charge on any atom is -0.463 e. The van der Waals surface area contributed by atoms with E-state index in [-0.39, 0.29) is 5.97 Å². The molecular weight excluding hydrogens is 268 g/mol. The standard InChI is InChI=1S/C17H20O4/c1-3-7-14-8-10-15(11-9-14)17(19)21-13-6-5-12-20-16(18)4-2/h3-4,7-11H,2,5-6,12-13H2,1H3/b7-3-. The van der Waals surface area contributed by atoms with Gasteiger partial charge in [0, 0.05) is 6.08 Å². The summed E-state index contributed by atoms with van der Waals surface area (Å²) in [6.07, 6.45) is 6.31. The van der Waals surface area contributed by atoms with E-state index in [1.54, 1.807) is 12.1 Å². The molecule has 0 bridgehead atoms. The van der Waals surface area contributed by atoms with Crippen molar-refractivity contribution in [1.82, 2.24) is 0 Å². The van der Waals surface area contributed by atoms with Gasteiger partial charge in [0.15, 0.2) is 0 Å². The van der Waals surface area contributed by atoms with Crippen molar-refractivity contribution >= 4 is 18.0 Å². The highest BCUT2D eigenvalue weighted by Crippen LogP contribution is 2.08. The van der Waals surface area contributed by atoms with Gasteiger partial charge in [-0.05, 0) is 37.5 Å². The maximum atomic E-state index is 11.8. The Kier molecular flexibility index (Phi) is 7.58. The van der Waals surface area contributed by atoms with Crippen molar-refractivity contribution in [3.63, 3.8) is 0 Å². The quantitative estimate of drug-likeness (QED) is 0.418. The lowest BCUT2D eigenvalue weighted by Gasteiger charge is -2.05. The van der Waals surface area contributed by atoms with Crippen LogP contribution in [0.3, 0.4) is 0 Å². The second-order valence-corrected chi connectivity index (χ2v) is 4.34. The van der Waals surface area contributed by atoms with Gasteiger partial charge in [0.2, 0.25) is 0 Å². The Bertz CT molecular complexity index is 500. The number of hydrogen-bond donors (Lipinski definition) is 0. The number of hydrogen-bond acceptors (Lipinski definition) is 4. The van der Waals surface area contributed by atoms with Crippen LogP contribution in [0.25, 0.3) is 6.08 Å². The Labute approximate surface area is 125 Å². The SMILES string of the molecule is C=CC(=O)OCCCCOC(=O)c1ccc(/C=C\C)cc1. The monoisotopic (exact) mass is 288 g/mol. The third-order valence-electron chi connectivity index (χ3n) is 2.69. The highest BCUT2D eigenvalue weighted by atomic mass is 16.5. The predicted molar refractivity (Wildman–Crippen MR) is 81.8 cm³/mol.